The Morgan fingerprint density at radius 1 is 0.971 bits per heavy atom. The molecular weight excluding hydrogens is 427 g/mol. The Kier molecular flexibility index (Phi) is 7.53. The van der Waals surface area contributed by atoms with E-state index in [0.29, 0.717) is 18.0 Å². The Morgan fingerprint density at radius 3 is 2.68 bits per heavy atom. The first-order chi connectivity index (χ1) is 16.7. The topological polar surface area (TPSA) is 31.8 Å². The van der Waals surface area contributed by atoms with Crippen molar-refractivity contribution in [3.8, 4) is 0 Å². The summed E-state index contributed by atoms with van der Waals surface area (Å²) < 4.78 is 20.0. The number of benzene rings is 1. The first-order valence-electron chi connectivity index (χ1n) is 13.3. The van der Waals surface area contributed by atoms with Crippen LogP contribution in [-0.2, 0) is 4.74 Å². The Balaban J connectivity index is 1.41. The van der Waals surface area contributed by atoms with Crippen LogP contribution in [-0.4, -0.2) is 56.5 Å². The number of piperidine rings is 2. The number of nitrogens with zero attached hydrogens (tertiary/aromatic N) is 4. The largest absolute Gasteiger partial charge is 0.381 e. The molecule has 5 nitrogen and oxygen atoms in total. The van der Waals surface area contributed by atoms with E-state index in [1.165, 1.54) is 31.0 Å². The van der Waals surface area contributed by atoms with E-state index >= 15 is 0 Å². The van der Waals surface area contributed by atoms with Gasteiger partial charge in [-0.05, 0) is 69.2 Å². The number of halogens is 1. The lowest BCUT2D eigenvalue weighted by molar-refractivity contribution is 0.119. The second kappa shape index (κ2) is 10.9. The summed E-state index contributed by atoms with van der Waals surface area (Å²) in [5.74, 6) is 1.40. The van der Waals surface area contributed by atoms with Crippen LogP contribution in [0.1, 0.15) is 51.9 Å². The molecule has 3 aliphatic heterocycles. The van der Waals surface area contributed by atoms with Gasteiger partial charge in [0.2, 0.25) is 0 Å². The lowest BCUT2D eigenvalue weighted by Crippen LogP contribution is -2.52. The standard InChI is InChI=1S/C28H39FN4O/c1-2-17-34-18-12-22-21-33(27-20-24(11-13-30-27)31-14-4-3-5-15-31)26-10-7-16-32(28(22)26)25-9-6-8-23(29)19-25/h6,8-9,11,13,19-20,22,26,28H,2-5,7,10,12,14-18,21H2,1H3. The number of ether oxygens (including phenoxy) is 1. The zero-order valence-corrected chi connectivity index (χ0v) is 20.5. The Labute approximate surface area is 203 Å². The summed E-state index contributed by atoms with van der Waals surface area (Å²) in [6.07, 6.45) is 10.2. The van der Waals surface area contributed by atoms with Crippen molar-refractivity contribution >= 4 is 17.2 Å². The molecular formula is C28H39FN4O. The lowest BCUT2D eigenvalue weighted by atomic mass is 9.88. The fraction of sp³-hybridized carbons (Fsp3) is 0.607. The van der Waals surface area contributed by atoms with Crippen LogP contribution in [0.5, 0.6) is 0 Å². The summed E-state index contributed by atoms with van der Waals surface area (Å²) in [7, 11) is 0. The Morgan fingerprint density at radius 2 is 1.85 bits per heavy atom. The van der Waals surface area contributed by atoms with Crippen molar-refractivity contribution in [3.05, 3.63) is 48.4 Å². The second-order valence-corrected chi connectivity index (χ2v) is 10.1. The predicted molar refractivity (Wildman–Crippen MR) is 137 cm³/mol. The molecule has 3 fully saturated rings. The Bertz CT molecular complexity index is 934. The molecule has 0 amide bonds. The average Bonchev–Trinajstić information content (AvgIpc) is 3.26. The van der Waals surface area contributed by atoms with Crippen molar-refractivity contribution in [3.63, 3.8) is 0 Å². The van der Waals surface area contributed by atoms with Crippen LogP contribution >= 0.6 is 0 Å². The van der Waals surface area contributed by atoms with Crippen molar-refractivity contribution in [2.45, 2.75) is 64.0 Å². The number of anilines is 3. The van der Waals surface area contributed by atoms with Crippen LogP contribution < -0.4 is 14.7 Å². The van der Waals surface area contributed by atoms with E-state index in [1.807, 2.05) is 12.3 Å². The van der Waals surface area contributed by atoms with E-state index in [4.69, 9.17) is 9.72 Å². The molecule has 0 N–H and O–H groups in total. The van der Waals surface area contributed by atoms with Crippen molar-refractivity contribution in [1.82, 2.24) is 4.98 Å². The highest BCUT2D eigenvalue weighted by Crippen LogP contribution is 2.41. The third-order valence-electron chi connectivity index (χ3n) is 7.83. The zero-order valence-electron chi connectivity index (χ0n) is 20.5. The quantitative estimate of drug-likeness (QED) is 0.480. The van der Waals surface area contributed by atoms with Crippen LogP contribution in [0.15, 0.2) is 42.6 Å². The maximum Gasteiger partial charge on any atom is 0.130 e. The minimum Gasteiger partial charge on any atom is -0.381 e. The highest BCUT2D eigenvalue weighted by molar-refractivity contribution is 5.58. The van der Waals surface area contributed by atoms with Gasteiger partial charge in [0, 0.05) is 68.9 Å². The molecule has 0 spiro atoms. The number of rotatable bonds is 8. The number of aromatic nitrogens is 1. The van der Waals surface area contributed by atoms with Crippen LogP contribution in [0.3, 0.4) is 0 Å². The van der Waals surface area contributed by atoms with Crippen molar-refractivity contribution in [1.29, 1.82) is 0 Å². The van der Waals surface area contributed by atoms with E-state index in [9.17, 15) is 4.39 Å². The molecule has 6 heteroatoms. The third kappa shape index (κ3) is 5.02. The number of hydrogen-bond donors (Lipinski definition) is 0. The molecule has 0 aliphatic carbocycles. The summed E-state index contributed by atoms with van der Waals surface area (Å²) in [6, 6.07) is 12.3. The minimum atomic E-state index is -0.159. The van der Waals surface area contributed by atoms with Crippen molar-refractivity contribution in [2.24, 2.45) is 5.92 Å². The first-order valence-corrected chi connectivity index (χ1v) is 13.3. The molecule has 2 aromatic rings. The number of pyridine rings is 1. The Hall–Kier alpha value is -2.34. The third-order valence-corrected chi connectivity index (χ3v) is 7.83. The van der Waals surface area contributed by atoms with Gasteiger partial charge in [0.1, 0.15) is 11.6 Å². The second-order valence-electron chi connectivity index (χ2n) is 10.1. The van der Waals surface area contributed by atoms with Gasteiger partial charge < -0.3 is 19.4 Å². The predicted octanol–water partition coefficient (Wildman–Crippen LogP) is 5.50. The molecule has 0 saturated carbocycles. The van der Waals surface area contributed by atoms with Gasteiger partial charge in [0.25, 0.3) is 0 Å². The molecule has 184 valence electrons. The summed E-state index contributed by atoms with van der Waals surface area (Å²) in [5.41, 5.74) is 2.31. The van der Waals surface area contributed by atoms with Gasteiger partial charge in [0.05, 0.1) is 12.1 Å². The number of fused-ring (bicyclic) bond motifs is 1. The van der Waals surface area contributed by atoms with E-state index < -0.39 is 0 Å². The summed E-state index contributed by atoms with van der Waals surface area (Å²) in [5, 5.41) is 0. The summed E-state index contributed by atoms with van der Waals surface area (Å²) >= 11 is 0. The lowest BCUT2D eigenvalue weighted by Gasteiger charge is -2.43. The average molecular weight is 467 g/mol. The van der Waals surface area contributed by atoms with Gasteiger partial charge in [-0.25, -0.2) is 9.37 Å². The fourth-order valence-electron chi connectivity index (χ4n) is 6.28. The molecule has 34 heavy (non-hydrogen) atoms. The van der Waals surface area contributed by atoms with Crippen LogP contribution in [0, 0.1) is 11.7 Å². The molecule has 4 heterocycles. The maximum atomic E-state index is 14.1. The van der Waals surface area contributed by atoms with Gasteiger partial charge in [-0.1, -0.05) is 13.0 Å². The zero-order chi connectivity index (χ0) is 23.3. The van der Waals surface area contributed by atoms with Gasteiger partial charge in [-0.2, -0.15) is 0 Å². The molecule has 5 rings (SSSR count). The molecule has 3 atom stereocenters. The van der Waals surface area contributed by atoms with Crippen LogP contribution in [0.2, 0.25) is 0 Å². The van der Waals surface area contributed by atoms with Crippen LogP contribution in [0.4, 0.5) is 21.6 Å². The van der Waals surface area contributed by atoms with Gasteiger partial charge in [-0.15, -0.1) is 0 Å². The monoisotopic (exact) mass is 466 g/mol. The van der Waals surface area contributed by atoms with Gasteiger partial charge >= 0.3 is 0 Å². The molecule has 0 radical (unpaired) electrons. The van der Waals surface area contributed by atoms with E-state index in [-0.39, 0.29) is 5.82 Å². The summed E-state index contributed by atoms with van der Waals surface area (Å²) in [4.78, 5) is 12.4. The highest BCUT2D eigenvalue weighted by Gasteiger charge is 2.47. The highest BCUT2D eigenvalue weighted by atomic mass is 19.1. The molecule has 3 aliphatic rings. The molecule has 0 bridgehead atoms. The maximum absolute atomic E-state index is 14.1. The van der Waals surface area contributed by atoms with Crippen LogP contribution in [0.25, 0.3) is 0 Å². The fourth-order valence-corrected chi connectivity index (χ4v) is 6.28. The first kappa shape index (κ1) is 23.4. The van der Waals surface area contributed by atoms with Crippen molar-refractivity contribution in [2.75, 3.05) is 54.1 Å². The molecule has 1 aromatic heterocycles. The minimum absolute atomic E-state index is 0.159. The smallest absolute Gasteiger partial charge is 0.130 e. The normalized spacial score (nSPS) is 25.0. The molecule has 3 saturated heterocycles. The van der Waals surface area contributed by atoms with E-state index in [1.54, 1.807) is 6.07 Å². The SMILES string of the molecule is CCCOCCC1CN(c2cc(N3CCCCC3)ccn2)C2CCCN(c3cccc(F)c3)C12. The molecule has 3 unspecified atom stereocenters. The molecule has 1 aromatic carbocycles. The van der Waals surface area contributed by atoms with Crippen molar-refractivity contribution < 1.29 is 9.13 Å². The van der Waals surface area contributed by atoms with Gasteiger partial charge in [0.15, 0.2) is 0 Å². The number of hydrogen-bond acceptors (Lipinski definition) is 5. The van der Waals surface area contributed by atoms with Gasteiger partial charge in [-0.3, -0.25) is 0 Å². The van der Waals surface area contributed by atoms with E-state index in [0.717, 1.165) is 76.6 Å². The van der Waals surface area contributed by atoms with E-state index in [2.05, 4.69) is 39.8 Å². The summed E-state index contributed by atoms with van der Waals surface area (Å²) in [6.45, 7) is 7.99.